The Kier molecular flexibility index (Phi) is 4.45. The summed E-state index contributed by atoms with van der Waals surface area (Å²) in [6.07, 6.45) is 3.91. The first-order valence-corrected chi connectivity index (χ1v) is 7.25. The van der Waals surface area contributed by atoms with Crippen molar-refractivity contribution in [3.8, 4) is 0 Å². The summed E-state index contributed by atoms with van der Waals surface area (Å²) in [5.74, 6) is 0.0373. The highest BCUT2D eigenvalue weighted by molar-refractivity contribution is 5.90. The normalized spacial score (nSPS) is 32.9. The Bertz CT molecular complexity index is 351. The molecule has 0 aromatic rings. The predicted octanol–water partition coefficient (Wildman–Crippen LogP) is 1.07. The maximum absolute atomic E-state index is 12.6. The number of nitrogens with zero attached hydrogens (tertiary/aromatic N) is 1. The third kappa shape index (κ3) is 3.08. The Morgan fingerprint density at radius 1 is 1.47 bits per heavy atom. The van der Waals surface area contributed by atoms with Crippen LogP contribution in [-0.2, 0) is 14.3 Å². The Labute approximate surface area is 114 Å². The van der Waals surface area contributed by atoms with E-state index in [4.69, 9.17) is 4.74 Å². The Hall–Kier alpha value is -1.10. The highest BCUT2D eigenvalue weighted by atomic mass is 16.5. The highest BCUT2D eigenvalue weighted by Crippen LogP contribution is 2.28. The van der Waals surface area contributed by atoms with E-state index in [1.54, 1.807) is 0 Å². The van der Waals surface area contributed by atoms with E-state index in [2.05, 4.69) is 12.2 Å². The molecule has 5 heteroatoms. The zero-order chi connectivity index (χ0) is 13.9. The van der Waals surface area contributed by atoms with Gasteiger partial charge in [0.2, 0.25) is 11.8 Å². The van der Waals surface area contributed by atoms with E-state index in [0.29, 0.717) is 26.0 Å². The van der Waals surface area contributed by atoms with Crippen LogP contribution in [0.2, 0.25) is 0 Å². The number of nitrogens with one attached hydrogen (secondary N) is 1. The van der Waals surface area contributed by atoms with Crippen LogP contribution in [0.25, 0.3) is 0 Å². The van der Waals surface area contributed by atoms with Crippen LogP contribution in [-0.4, -0.2) is 48.1 Å². The number of hydrogen-bond acceptors (Lipinski definition) is 3. The molecule has 2 saturated heterocycles. The molecule has 19 heavy (non-hydrogen) atoms. The summed E-state index contributed by atoms with van der Waals surface area (Å²) in [5.41, 5.74) is -0.256. The van der Waals surface area contributed by atoms with Crippen LogP contribution >= 0.6 is 0 Å². The van der Waals surface area contributed by atoms with Crippen molar-refractivity contribution >= 4 is 11.8 Å². The zero-order valence-corrected chi connectivity index (χ0v) is 11.9. The van der Waals surface area contributed by atoms with E-state index in [0.717, 1.165) is 25.9 Å². The van der Waals surface area contributed by atoms with E-state index in [1.807, 2.05) is 11.8 Å². The SMILES string of the molecule is CCCC1NC(=O)CCN(C2(C)CCCOC2)C1=O. The second-order valence-electron chi connectivity index (χ2n) is 5.80. The van der Waals surface area contributed by atoms with Gasteiger partial charge in [-0.25, -0.2) is 0 Å². The summed E-state index contributed by atoms with van der Waals surface area (Å²) < 4.78 is 5.55. The van der Waals surface area contributed by atoms with Gasteiger partial charge in [0.25, 0.3) is 0 Å². The Morgan fingerprint density at radius 3 is 2.89 bits per heavy atom. The summed E-state index contributed by atoms with van der Waals surface area (Å²) in [6.45, 7) is 5.95. The molecular weight excluding hydrogens is 244 g/mol. The summed E-state index contributed by atoms with van der Waals surface area (Å²) in [4.78, 5) is 26.2. The zero-order valence-electron chi connectivity index (χ0n) is 11.9. The maximum atomic E-state index is 12.6. The Balaban J connectivity index is 2.17. The van der Waals surface area contributed by atoms with E-state index in [9.17, 15) is 9.59 Å². The molecule has 2 rings (SSSR count). The summed E-state index contributed by atoms with van der Waals surface area (Å²) in [6, 6.07) is -0.362. The van der Waals surface area contributed by atoms with Crippen LogP contribution in [0.1, 0.15) is 46.0 Å². The van der Waals surface area contributed by atoms with E-state index >= 15 is 0 Å². The maximum Gasteiger partial charge on any atom is 0.245 e. The molecule has 2 heterocycles. The topological polar surface area (TPSA) is 58.6 Å². The summed E-state index contributed by atoms with van der Waals surface area (Å²) in [5, 5.41) is 2.84. The van der Waals surface area contributed by atoms with Gasteiger partial charge in [-0.2, -0.15) is 0 Å². The molecule has 2 atom stereocenters. The molecule has 1 N–H and O–H groups in total. The van der Waals surface area contributed by atoms with Crippen molar-refractivity contribution in [3.05, 3.63) is 0 Å². The molecule has 0 aromatic heterocycles. The predicted molar refractivity (Wildman–Crippen MR) is 71.6 cm³/mol. The minimum atomic E-state index is -0.362. The second kappa shape index (κ2) is 5.90. The number of hydrogen-bond donors (Lipinski definition) is 1. The number of amides is 2. The smallest absolute Gasteiger partial charge is 0.245 e. The molecule has 2 aliphatic rings. The van der Waals surface area contributed by atoms with E-state index in [-0.39, 0.29) is 23.4 Å². The lowest BCUT2D eigenvalue weighted by atomic mass is 9.91. The third-order valence-electron chi connectivity index (χ3n) is 4.11. The molecule has 0 bridgehead atoms. The van der Waals surface area contributed by atoms with Gasteiger partial charge in [-0.3, -0.25) is 9.59 Å². The van der Waals surface area contributed by atoms with Gasteiger partial charge in [-0.1, -0.05) is 13.3 Å². The fourth-order valence-electron chi connectivity index (χ4n) is 2.99. The van der Waals surface area contributed by atoms with Crippen molar-refractivity contribution in [2.45, 2.75) is 57.5 Å². The molecular formula is C14H24N2O3. The van der Waals surface area contributed by atoms with Crippen molar-refractivity contribution < 1.29 is 14.3 Å². The lowest BCUT2D eigenvalue weighted by Crippen LogP contribution is -2.57. The number of ether oxygens (including phenoxy) is 1. The number of carbonyl (C=O) groups excluding carboxylic acids is 2. The van der Waals surface area contributed by atoms with Crippen molar-refractivity contribution in [2.75, 3.05) is 19.8 Å². The Morgan fingerprint density at radius 2 is 2.26 bits per heavy atom. The van der Waals surface area contributed by atoms with Gasteiger partial charge in [-0.05, 0) is 26.2 Å². The minimum Gasteiger partial charge on any atom is -0.379 e. The van der Waals surface area contributed by atoms with Crippen molar-refractivity contribution in [1.29, 1.82) is 0 Å². The quantitative estimate of drug-likeness (QED) is 0.833. The third-order valence-corrected chi connectivity index (χ3v) is 4.11. The molecule has 0 aliphatic carbocycles. The van der Waals surface area contributed by atoms with Gasteiger partial charge in [0.15, 0.2) is 0 Å². The van der Waals surface area contributed by atoms with Gasteiger partial charge >= 0.3 is 0 Å². The van der Waals surface area contributed by atoms with Gasteiger partial charge < -0.3 is 15.0 Å². The van der Waals surface area contributed by atoms with Crippen LogP contribution < -0.4 is 5.32 Å². The van der Waals surface area contributed by atoms with E-state index in [1.165, 1.54) is 0 Å². The standard InChI is InChI=1S/C14H24N2O3/c1-3-5-11-13(18)16(8-6-12(17)15-11)14(2)7-4-9-19-10-14/h11H,3-10H2,1-2H3,(H,15,17). The average Bonchev–Trinajstić information content (AvgIpc) is 2.51. The van der Waals surface area contributed by atoms with Crippen molar-refractivity contribution in [1.82, 2.24) is 10.2 Å². The molecule has 2 amide bonds. The van der Waals surface area contributed by atoms with Gasteiger partial charge in [-0.15, -0.1) is 0 Å². The van der Waals surface area contributed by atoms with E-state index < -0.39 is 0 Å². The average molecular weight is 268 g/mol. The lowest BCUT2D eigenvalue weighted by Gasteiger charge is -2.43. The molecule has 0 saturated carbocycles. The highest BCUT2D eigenvalue weighted by Gasteiger charge is 2.41. The molecule has 0 radical (unpaired) electrons. The van der Waals surface area contributed by atoms with Crippen LogP contribution in [0.4, 0.5) is 0 Å². The van der Waals surface area contributed by atoms with Crippen molar-refractivity contribution in [3.63, 3.8) is 0 Å². The molecule has 0 spiro atoms. The minimum absolute atomic E-state index is 0.0189. The van der Waals surface area contributed by atoms with Gasteiger partial charge in [0.05, 0.1) is 12.1 Å². The van der Waals surface area contributed by atoms with Crippen molar-refractivity contribution in [2.24, 2.45) is 0 Å². The molecule has 2 aliphatic heterocycles. The largest absolute Gasteiger partial charge is 0.379 e. The fourth-order valence-corrected chi connectivity index (χ4v) is 2.99. The molecule has 5 nitrogen and oxygen atoms in total. The first-order valence-electron chi connectivity index (χ1n) is 7.25. The fraction of sp³-hybridized carbons (Fsp3) is 0.857. The lowest BCUT2D eigenvalue weighted by molar-refractivity contribution is -0.144. The molecule has 108 valence electrons. The van der Waals surface area contributed by atoms with Gasteiger partial charge in [0.1, 0.15) is 6.04 Å². The summed E-state index contributed by atoms with van der Waals surface area (Å²) in [7, 11) is 0. The van der Waals surface area contributed by atoms with Gasteiger partial charge in [0, 0.05) is 19.6 Å². The number of carbonyl (C=O) groups is 2. The molecule has 0 aromatic carbocycles. The summed E-state index contributed by atoms with van der Waals surface area (Å²) >= 11 is 0. The number of rotatable bonds is 3. The van der Waals surface area contributed by atoms with Crippen LogP contribution in [0.5, 0.6) is 0 Å². The first kappa shape index (κ1) is 14.3. The molecule has 2 fully saturated rings. The second-order valence-corrected chi connectivity index (χ2v) is 5.80. The first-order chi connectivity index (χ1) is 9.07. The van der Waals surface area contributed by atoms with Crippen LogP contribution in [0, 0.1) is 0 Å². The van der Waals surface area contributed by atoms with Crippen LogP contribution in [0.3, 0.4) is 0 Å². The monoisotopic (exact) mass is 268 g/mol. The molecule has 2 unspecified atom stereocenters. The van der Waals surface area contributed by atoms with Crippen LogP contribution in [0.15, 0.2) is 0 Å².